The van der Waals surface area contributed by atoms with Crippen LogP contribution >= 0.6 is 7.82 Å². The maximum Gasteiger partial charge on any atom is 0.524 e. The van der Waals surface area contributed by atoms with Gasteiger partial charge >= 0.3 is 7.82 Å². The number of phosphoric ester groups is 1. The normalized spacial score (nSPS) is 21.0. The Hall–Kier alpha value is -1.78. The van der Waals surface area contributed by atoms with Crippen LogP contribution in [0.25, 0.3) is 5.57 Å². The fourth-order valence-corrected chi connectivity index (χ4v) is 3.79. The van der Waals surface area contributed by atoms with Crippen LogP contribution in [-0.4, -0.2) is 39.5 Å². The monoisotopic (exact) mass is 377 g/mol. The van der Waals surface area contributed by atoms with Gasteiger partial charge in [0, 0.05) is 18.7 Å². The highest BCUT2D eigenvalue weighted by molar-refractivity contribution is 7.85. The predicted molar refractivity (Wildman–Crippen MR) is 83.5 cm³/mol. The first kappa shape index (κ1) is 17.1. The predicted octanol–water partition coefficient (Wildman–Crippen LogP) is -0.201. The van der Waals surface area contributed by atoms with Crippen LogP contribution in [0.4, 0.5) is 10.1 Å². The summed E-state index contributed by atoms with van der Waals surface area (Å²) in [5.41, 5.74) is 0.366. The van der Waals surface area contributed by atoms with Gasteiger partial charge in [-0.15, -0.1) is 0 Å². The van der Waals surface area contributed by atoms with Gasteiger partial charge in [-0.05, 0) is 17.7 Å². The van der Waals surface area contributed by atoms with Gasteiger partial charge in [0.15, 0.2) is 11.6 Å². The summed E-state index contributed by atoms with van der Waals surface area (Å²) in [5, 5.41) is 3.00. The van der Waals surface area contributed by atoms with Crippen LogP contribution in [0.1, 0.15) is 5.56 Å². The van der Waals surface area contributed by atoms with Crippen LogP contribution in [0, 0.1) is 5.82 Å². The van der Waals surface area contributed by atoms with Crippen LogP contribution in [0.2, 0.25) is 0 Å². The fraction of sp³-hybridized carbons (Fsp3) is 0.250. The van der Waals surface area contributed by atoms with Crippen molar-refractivity contribution < 1.29 is 32.3 Å². The maximum atomic E-state index is 15.0. The molecule has 0 aliphatic carbocycles. The first-order chi connectivity index (χ1) is 11.3. The van der Waals surface area contributed by atoms with Gasteiger partial charge in [-0.3, -0.25) is 23.6 Å². The molecule has 1 atom stereocenters. The first-order valence-corrected chi connectivity index (χ1v) is 9.36. The summed E-state index contributed by atoms with van der Waals surface area (Å²) in [5.74, 6) is -1.98. The highest BCUT2D eigenvalue weighted by Crippen LogP contribution is 2.45. The van der Waals surface area contributed by atoms with Gasteiger partial charge < -0.3 is 9.84 Å². The van der Waals surface area contributed by atoms with E-state index in [1.165, 1.54) is 12.1 Å². The third kappa shape index (κ3) is 3.35. The summed E-state index contributed by atoms with van der Waals surface area (Å²) in [6, 6.07) is 2.49. The molecule has 2 aliphatic rings. The molecule has 0 spiro atoms. The highest BCUT2D eigenvalue weighted by atomic mass is 32.2. The maximum absolute atomic E-state index is 15.0. The topological polar surface area (TPSA) is 128 Å². The Morgan fingerprint density at radius 3 is 2.67 bits per heavy atom. The van der Waals surface area contributed by atoms with Gasteiger partial charge in [0.05, 0.1) is 0 Å². The average molecular weight is 377 g/mol. The van der Waals surface area contributed by atoms with Gasteiger partial charge in [0.25, 0.3) is 5.91 Å². The molecule has 2 heterocycles. The number of anilines is 1. The highest BCUT2D eigenvalue weighted by Gasteiger charge is 2.34. The zero-order valence-electron chi connectivity index (χ0n) is 12.1. The molecule has 1 fully saturated rings. The van der Waals surface area contributed by atoms with E-state index in [4.69, 9.17) is 9.79 Å². The molecule has 130 valence electrons. The number of phosphoric acid groups is 1. The van der Waals surface area contributed by atoms with Crippen molar-refractivity contribution in [3.8, 4) is 5.75 Å². The second-order valence-corrected chi connectivity index (χ2v) is 7.33. The quantitative estimate of drug-likeness (QED) is 0.535. The minimum Gasteiger partial charge on any atom is -0.402 e. The van der Waals surface area contributed by atoms with Crippen LogP contribution in [0.5, 0.6) is 5.75 Å². The zero-order valence-corrected chi connectivity index (χ0v) is 13.8. The Morgan fingerprint density at radius 2 is 2.12 bits per heavy atom. The molecule has 0 saturated carbocycles. The molecule has 0 bridgehead atoms. The van der Waals surface area contributed by atoms with Crippen LogP contribution in [0.15, 0.2) is 18.2 Å². The Kier molecular flexibility index (Phi) is 4.45. The number of carbonyl (C=O) groups excluding carboxylic acids is 1. The third-order valence-corrected chi connectivity index (χ3v) is 4.94. The second kappa shape index (κ2) is 6.26. The molecule has 12 heteroatoms. The summed E-state index contributed by atoms with van der Waals surface area (Å²) in [6.45, 7) is 0.539. The molecule has 1 aromatic carbocycles. The molecule has 1 saturated heterocycles. The van der Waals surface area contributed by atoms with Gasteiger partial charge in [-0.2, -0.15) is 0 Å². The number of rotatable bonds is 4. The van der Waals surface area contributed by atoms with Crippen molar-refractivity contribution in [1.82, 2.24) is 10.0 Å². The van der Waals surface area contributed by atoms with E-state index in [-0.39, 0.29) is 5.56 Å². The van der Waals surface area contributed by atoms with Crippen molar-refractivity contribution >= 4 is 36.2 Å². The van der Waals surface area contributed by atoms with Crippen molar-refractivity contribution in [2.24, 2.45) is 0 Å². The van der Waals surface area contributed by atoms with E-state index in [0.29, 0.717) is 18.7 Å². The lowest BCUT2D eigenvalue weighted by molar-refractivity contribution is -0.117. The number of amides is 1. The summed E-state index contributed by atoms with van der Waals surface area (Å²) < 4.78 is 45.5. The van der Waals surface area contributed by atoms with E-state index in [2.05, 4.69) is 14.6 Å². The number of benzene rings is 1. The fourth-order valence-electron chi connectivity index (χ4n) is 2.44. The molecule has 24 heavy (non-hydrogen) atoms. The van der Waals surface area contributed by atoms with Crippen molar-refractivity contribution in [3.05, 3.63) is 29.6 Å². The molecular weight excluding hydrogens is 364 g/mol. The van der Waals surface area contributed by atoms with Gasteiger partial charge in [0.1, 0.15) is 12.2 Å². The summed E-state index contributed by atoms with van der Waals surface area (Å²) in [4.78, 5) is 29.4. The number of nitrogens with one attached hydrogen (secondary N) is 2. The molecule has 1 unspecified atom stereocenters. The van der Waals surface area contributed by atoms with Crippen molar-refractivity contribution in [2.45, 2.75) is 0 Å². The summed E-state index contributed by atoms with van der Waals surface area (Å²) in [6.07, 6.45) is 1.76. The lowest BCUT2D eigenvalue weighted by Crippen LogP contribution is -2.24. The Morgan fingerprint density at radius 1 is 1.38 bits per heavy atom. The molecule has 2 aliphatic heterocycles. The Labute approximate surface area is 138 Å². The summed E-state index contributed by atoms with van der Waals surface area (Å²) in [7, 11) is -4.97. The second-order valence-electron chi connectivity index (χ2n) is 5.03. The molecule has 1 amide bonds. The Bertz CT molecular complexity index is 810. The van der Waals surface area contributed by atoms with Gasteiger partial charge in [-0.25, -0.2) is 13.2 Å². The number of hydrogen-bond acceptors (Lipinski definition) is 5. The molecule has 9 nitrogen and oxygen atoms in total. The SMILES string of the molecule is O=C1CN(c2c(OP(=O)(O)O)ccc(C3=CCNC3)c2F)S(=O)N1. The van der Waals surface area contributed by atoms with Gasteiger partial charge in [-0.1, -0.05) is 6.08 Å². The lowest BCUT2D eigenvalue weighted by atomic mass is 10.0. The molecule has 3 rings (SSSR count). The zero-order chi connectivity index (χ0) is 17.5. The van der Waals surface area contributed by atoms with E-state index in [1.807, 2.05) is 0 Å². The number of nitrogens with zero attached hydrogens (tertiary/aromatic N) is 1. The van der Waals surface area contributed by atoms with Crippen molar-refractivity contribution in [2.75, 3.05) is 23.9 Å². The molecule has 0 radical (unpaired) electrons. The molecular formula is C12H13FN3O6PS. The van der Waals surface area contributed by atoms with Crippen molar-refractivity contribution in [1.29, 1.82) is 0 Å². The number of carbonyl (C=O) groups is 1. The van der Waals surface area contributed by atoms with E-state index in [1.54, 1.807) is 6.08 Å². The third-order valence-electron chi connectivity index (χ3n) is 3.39. The van der Waals surface area contributed by atoms with E-state index >= 15 is 0 Å². The molecule has 4 N–H and O–H groups in total. The largest absolute Gasteiger partial charge is 0.524 e. The van der Waals surface area contributed by atoms with E-state index in [0.717, 1.165) is 4.31 Å². The minimum absolute atomic E-state index is 0.171. The molecule has 1 aromatic rings. The molecule has 0 aromatic heterocycles. The van der Waals surface area contributed by atoms with E-state index < -0.39 is 48.7 Å². The first-order valence-electron chi connectivity index (χ1n) is 6.73. The number of hydrogen-bond donors (Lipinski definition) is 4. The van der Waals surface area contributed by atoms with Gasteiger partial charge in [0.2, 0.25) is 11.2 Å². The van der Waals surface area contributed by atoms with Crippen molar-refractivity contribution in [3.63, 3.8) is 0 Å². The van der Waals surface area contributed by atoms with Crippen LogP contribution in [-0.2, 0) is 20.5 Å². The number of halogens is 1. The lowest BCUT2D eigenvalue weighted by Gasteiger charge is -2.21. The smallest absolute Gasteiger partial charge is 0.402 e. The minimum atomic E-state index is -4.97. The van der Waals surface area contributed by atoms with Crippen LogP contribution < -0.4 is 18.9 Å². The van der Waals surface area contributed by atoms with E-state index in [9.17, 15) is 18.0 Å². The summed E-state index contributed by atoms with van der Waals surface area (Å²) >= 11 is -2.07. The van der Waals surface area contributed by atoms with Crippen LogP contribution in [0.3, 0.4) is 0 Å². The Balaban J connectivity index is 2.13. The standard InChI is InChI=1S/C12H13FN3O6PS/c13-11-8(7-3-4-14-5-7)1-2-9(22-23(18,19)20)12(11)16-6-10(17)15-24(16)21/h1-3,14H,4-6H2,(H,15,17)(H2,18,19,20). The average Bonchev–Trinajstić information content (AvgIpc) is 3.08.